The Bertz CT molecular complexity index is 264. The van der Waals surface area contributed by atoms with E-state index in [0.29, 0.717) is 0 Å². The summed E-state index contributed by atoms with van der Waals surface area (Å²) in [4.78, 5) is 4.44. The molecule has 0 aromatic carbocycles. The second-order valence-corrected chi connectivity index (χ2v) is 4.06. The average molecular weight is 207 g/mol. The van der Waals surface area contributed by atoms with Gasteiger partial charge in [-0.15, -0.1) is 0 Å². The normalized spacial score (nSPS) is 25.5. The molecule has 0 aliphatic carbocycles. The number of hydrogen-bond donors (Lipinski definition) is 2. The van der Waals surface area contributed by atoms with Crippen LogP contribution in [0.1, 0.15) is 32.6 Å². The Morgan fingerprint density at radius 3 is 2.93 bits per heavy atom. The van der Waals surface area contributed by atoms with Gasteiger partial charge in [0.15, 0.2) is 0 Å². The van der Waals surface area contributed by atoms with E-state index < -0.39 is 0 Å². The Balaban J connectivity index is 2.45. The van der Waals surface area contributed by atoms with E-state index in [4.69, 9.17) is 11.5 Å². The highest BCUT2D eigenvalue weighted by Crippen LogP contribution is 2.13. The van der Waals surface area contributed by atoms with Crippen LogP contribution in [0.25, 0.3) is 0 Å². The van der Waals surface area contributed by atoms with Crippen LogP contribution in [0.5, 0.6) is 0 Å². The summed E-state index contributed by atoms with van der Waals surface area (Å²) < 4.78 is 0. The molecule has 0 fully saturated rings. The zero-order chi connectivity index (χ0) is 11.1. The summed E-state index contributed by atoms with van der Waals surface area (Å²) in [6, 6.07) is 0.364. The Kier molecular flexibility index (Phi) is 5.12. The molecule has 1 rings (SSSR count). The first kappa shape index (κ1) is 12.0. The smallest absolute Gasteiger partial charge is 0.0944 e. The highest BCUT2D eigenvalue weighted by molar-refractivity contribution is 5.80. The van der Waals surface area contributed by atoms with Crippen molar-refractivity contribution >= 4 is 5.84 Å². The lowest BCUT2D eigenvalue weighted by Gasteiger charge is -2.03. The van der Waals surface area contributed by atoms with Crippen molar-refractivity contribution in [3.63, 3.8) is 0 Å². The lowest BCUT2D eigenvalue weighted by Crippen LogP contribution is -2.12. The molecule has 1 aliphatic heterocycles. The summed E-state index contributed by atoms with van der Waals surface area (Å²) >= 11 is 0. The van der Waals surface area contributed by atoms with Gasteiger partial charge in [0.05, 0.1) is 11.9 Å². The molecule has 2 atom stereocenters. The summed E-state index contributed by atoms with van der Waals surface area (Å²) in [5, 5.41) is 0. The van der Waals surface area contributed by atoms with E-state index in [9.17, 15) is 0 Å². The minimum Gasteiger partial charge on any atom is -0.387 e. The van der Waals surface area contributed by atoms with Crippen molar-refractivity contribution in [1.29, 1.82) is 0 Å². The molecule has 0 aromatic heterocycles. The van der Waals surface area contributed by atoms with Crippen LogP contribution in [0.3, 0.4) is 0 Å². The molecular formula is C12H21N3. The molecule has 15 heavy (non-hydrogen) atoms. The van der Waals surface area contributed by atoms with Crippen LogP contribution in [0.4, 0.5) is 0 Å². The van der Waals surface area contributed by atoms with Gasteiger partial charge in [0.2, 0.25) is 0 Å². The van der Waals surface area contributed by atoms with E-state index in [2.05, 4.69) is 11.1 Å². The third-order valence-corrected chi connectivity index (χ3v) is 2.37. The van der Waals surface area contributed by atoms with E-state index in [1.807, 2.05) is 25.2 Å². The first-order chi connectivity index (χ1) is 7.18. The predicted octanol–water partition coefficient (Wildman–Crippen LogP) is 1.75. The van der Waals surface area contributed by atoms with Gasteiger partial charge in [-0.1, -0.05) is 30.7 Å². The molecule has 0 amide bonds. The van der Waals surface area contributed by atoms with Crippen LogP contribution >= 0.6 is 0 Å². The topological polar surface area (TPSA) is 64.4 Å². The number of rotatable bonds is 3. The van der Waals surface area contributed by atoms with Crippen LogP contribution in [-0.2, 0) is 0 Å². The Hall–Kier alpha value is -1.09. The quantitative estimate of drug-likeness (QED) is 0.692. The van der Waals surface area contributed by atoms with Crippen molar-refractivity contribution in [1.82, 2.24) is 0 Å². The molecule has 2 unspecified atom stereocenters. The molecule has 4 N–H and O–H groups in total. The molecule has 1 heterocycles. The van der Waals surface area contributed by atoms with Crippen molar-refractivity contribution in [2.75, 3.05) is 0 Å². The second-order valence-electron chi connectivity index (χ2n) is 4.06. The minimum atomic E-state index is 0.109. The van der Waals surface area contributed by atoms with E-state index in [-0.39, 0.29) is 12.1 Å². The molecule has 0 aromatic rings. The van der Waals surface area contributed by atoms with Gasteiger partial charge in [-0.05, 0) is 19.8 Å². The maximum absolute atomic E-state index is 5.76. The van der Waals surface area contributed by atoms with E-state index in [1.165, 1.54) is 6.42 Å². The monoisotopic (exact) mass is 207 g/mol. The molecule has 84 valence electrons. The molecular weight excluding hydrogens is 186 g/mol. The lowest BCUT2D eigenvalue weighted by molar-refractivity contribution is 0.668. The van der Waals surface area contributed by atoms with Crippen LogP contribution in [0, 0.1) is 0 Å². The molecule has 0 saturated carbocycles. The fourth-order valence-corrected chi connectivity index (χ4v) is 1.57. The van der Waals surface area contributed by atoms with Gasteiger partial charge in [-0.25, -0.2) is 0 Å². The van der Waals surface area contributed by atoms with Crippen molar-refractivity contribution in [3.8, 4) is 0 Å². The van der Waals surface area contributed by atoms with Gasteiger partial charge in [0.1, 0.15) is 0 Å². The van der Waals surface area contributed by atoms with Crippen molar-refractivity contribution in [3.05, 3.63) is 24.3 Å². The van der Waals surface area contributed by atoms with Crippen molar-refractivity contribution in [2.24, 2.45) is 16.5 Å². The molecule has 0 radical (unpaired) electrons. The third kappa shape index (κ3) is 5.37. The Labute approximate surface area is 91.9 Å². The van der Waals surface area contributed by atoms with E-state index in [0.717, 1.165) is 25.1 Å². The number of allylic oxidation sites excluding steroid dienone is 2. The molecule has 0 spiro atoms. The number of nitrogens with two attached hydrogens (primary N) is 2. The first-order valence-corrected chi connectivity index (χ1v) is 5.61. The maximum Gasteiger partial charge on any atom is 0.0944 e. The number of amidine groups is 1. The summed E-state index contributed by atoms with van der Waals surface area (Å²) in [7, 11) is 0. The SMILES string of the molecule is CC(N)/C=C/C=C/C1CCCCC(N)=N1. The predicted molar refractivity (Wildman–Crippen MR) is 65.8 cm³/mol. The number of nitrogens with zero attached hydrogens (tertiary/aromatic N) is 1. The lowest BCUT2D eigenvalue weighted by atomic mass is 10.1. The highest BCUT2D eigenvalue weighted by Gasteiger charge is 2.07. The Morgan fingerprint density at radius 1 is 1.40 bits per heavy atom. The Morgan fingerprint density at radius 2 is 2.20 bits per heavy atom. The second kappa shape index (κ2) is 6.40. The summed E-state index contributed by atoms with van der Waals surface area (Å²) in [5.74, 6) is 0.790. The standard InChI is InChI=1S/C12H21N3/c1-10(13)6-2-3-7-11-8-4-5-9-12(14)15-11/h2-3,6-7,10-11H,4-5,8-9,13H2,1H3,(H2,14,15)/b6-2+,7-3+. The fourth-order valence-electron chi connectivity index (χ4n) is 1.57. The van der Waals surface area contributed by atoms with Gasteiger partial charge in [-0.2, -0.15) is 0 Å². The van der Waals surface area contributed by atoms with Crippen LogP contribution in [0.2, 0.25) is 0 Å². The summed E-state index contributed by atoms with van der Waals surface area (Å²) in [6.45, 7) is 1.95. The molecule has 0 bridgehead atoms. The first-order valence-electron chi connectivity index (χ1n) is 5.61. The zero-order valence-electron chi connectivity index (χ0n) is 9.39. The maximum atomic E-state index is 5.76. The largest absolute Gasteiger partial charge is 0.387 e. The molecule has 3 heteroatoms. The third-order valence-electron chi connectivity index (χ3n) is 2.37. The zero-order valence-corrected chi connectivity index (χ0v) is 9.39. The van der Waals surface area contributed by atoms with Crippen molar-refractivity contribution < 1.29 is 0 Å². The van der Waals surface area contributed by atoms with Gasteiger partial charge >= 0.3 is 0 Å². The van der Waals surface area contributed by atoms with Crippen molar-refractivity contribution in [2.45, 2.75) is 44.7 Å². The van der Waals surface area contributed by atoms with E-state index >= 15 is 0 Å². The van der Waals surface area contributed by atoms with E-state index in [1.54, 1.807) is 0 Å². The molecule has 0 saturated heterocycles. The van der Waals surface area contributed by atoms with Crippen LogP contribution < -0.4 is 11.5 Å². The molecule has 3 nitrogen and oxygen atoms in total. The summed E-state index contributed by atoms with van der Waals surface area (Å²) in [5.41, 5.74) is 11.3. The number of aliphatic imine (C=N–C) groups is 1. The summed E-state index contributed by atoms with van der Waals surface area (Å²) in [6.07, 6.45) is 12.4. The van der Waals surface area contributed by atoms with Crippen LogP contribution in [-0.4, -0.2) is 17.9 Å². The van der Waals surface area contributed by atoms with Gasteiger partial charge in [0, 0.05) is 12.5 Å². The minimum absolute atomic E-state index is 0.109. The van der Waals surface area contributed by atoms with Gasteiger partial charge in [0.25, 0.3) is 0 Å². The van der Waals surface area contributed by atoms with Gasteiger partial charge < -0.3 is 11.5 Å². The molecule has 1 aliphatic rings. The average Bonchev–Trinajstić information content (AvgIpc) is 2.37. The fraction of sp³-hybridized carbons (Fsp3) is 0.583. The number of hydrogen-bond acceptors (Lipinski definition) is 3. The van der Waals surface area contributed by atoms with Crippen LogP contribution in [0.15, 0.2) is 29.3 Å². The van der Waals surface area contributed by atoms with Gasteiger partial charge in [-0.3, -0.25) is 4.99 Å². The highest BCUT2D eigenvalue weighted by atomic mass is 14.9.